The fourth-order valence-corrected chi connectivity index (χ4v) is 1.52. The van der Waals surface area contributed by atoms with Gasteiger partial charge in [-0.3, -0.25) is 19.7 Å². The summed E-state index contributed by atoms with van der Waals surface area (Å²) in [5.74, 6) is -1.59. The fourth-order valence-electron chi connectivity index (χ4n) is 1.52. The summed E-state index contributed by atoms with van der Waals surface area (Å²) in [6, 6.07) is 0. The van der Waals surface area contributed by atoms with E-state index in [0.29, 0.717) is 19.3 Å². The molecule has 8 nitrogen and oxygen atoms in total. The predicted octanol–water partition coefficient (Wildman–Crippen LogP) is 1.98. The summed E-state index contributed by atoms with van der Waals surface area (Å²) in [5, 5.41) is 19.1. The maximum atomic E-state index is 11.1. The Kier molecular flexibility index (Phi) is 11.1. The molecule has 1 unspecified atom stereocenters. The van der Waals surface area contributed by atoms with Gasteiger partial charge in [-0.25, -0.2) is 0 Å². The standard InChI is InChI=1S/C13H23NO7/c1-2-3-6-11(14(18)19)20-9-4-5-10-21-13(17)8-7-12(15)16/h11H,2-10H2,1H3,(H,15,16). The van der Waals surface area contributed by atoms with Gasteiger partial charge in [-0.1, -0.05) is 13.3 Å². The van der Waals surface area contributed by atoms with E-state index in [2.05, 4.69) is 0 Å². The highest BCUT2D eigenvalue weighted by atomic mass is 16.7. The van der Waals surface area contributed by atoms with Crippen LogP contribution in [0.4, 0.5) is 0 Å². The van der Waals surface area contributed by atoms with Gasteiger partial charge in [0.2, 0.25) is 0 Å². The van der Waals surface area contributed by atoms with E-state index in [4.69, 9.17) is 14.6 Å². The summed E-state index contributed by atoms with van der Waals surface area (Å²) < 4.78 is 9.99. The van der Waals surface area contributed by atoms with Crippen molar-refractivity contribution >= 4 is 11.9 Å². The third-order valence-corrected chi connectivity index (χ3v) is 2.69. The molecule has 21 heavy (non-hydrogen) atoms. The summed E-state index contributed by atoms with van der Waals surface area (Å²) >= 11 is 0. The number of nitrogens with zero attached hydrogens (tertiary/aromatic N) is 1. The zero-order valence-corrected chi connectivity index (χ0v) is 12.3. The molecule has 0 heterocycles. The molecule has 0 aliphatic carbocycles. The van der Waals surface area contributed by atoms with Gasteiger partial charge in [0, 0.05) is 6.42 Å². The molecule has 0 fully saturated rings. The number of hydrogen-bond acceptors (Lipinski definition) is 6. The molecule has 1 atom stereocenters. The van der Waals surface area contributed by atoms with E-state index in [-0.39, 0.29) is 26.1 Å². The van der Waals surface area contributed by atoms with Gasteiger partial charge in [-0.15, -0.1) is 0 Å². The normalized spacial score (nSPS) is 11.9. The molecule has 8 heteroatoms. The van der Waals surface area contributed by atoms with E-state index in [0.717, 1.165) is 12.8 Å². The van der Waals surface area contributed by atoms with Gasteiger partial charge in [0.1, 0.15) is 0 Å². The predicted molar refractivity (Wildman–Crippen MR) is 73.3 cm³/mol. The largest absolute Gasteiger partial charge is 0.481 e. The molecule has 0 aromatic rings. The summed E-state index contributed by atoms with van der Waals surface area (Å²) in [5.41, 5.74) is 0. The van der Waals surface area contributed by atoms with E-state index in [1.54, 1.807) is 0 Å². The van der Waals surface area contributed by atoms with Crippen LogP contribution in [0.15, 0.2) is 0 Å². The number of carboxylic acid groups (broad SMARTS) is 1. The molecule has 0 aromatic heterocycles. The van der Waals surface area contributed by atoms with Crippen LogP contribution in [0.5, 0.6) is 0 Å². The molecular formula is C13H23NO7. The Labute approximate surface area is 123 Å². The van der Waals surface area contributed by atoms with Gasteiger partial charge >= 0.3 is 18.2 Å². The highest BCUT2D eigenvalue weighted by Gasteiger charge is 2.19. The molecule has 0 saturated carbocycles. The molecule has 0 bridgehead atoms. The maximum Gasteiger partial charge on any atom is 0.315 e. The number of aliphatic carboxylic acids is 1. The number of carbonyl (C=O) groups is 2. The van der Waals surface area contributed by atoms with Crippen LogP contribution in [0.1, 0.15) is 51.9 Å². The maximum absolute atomic E-state index is 11.1. The molecule has 0 saturated heterocycles. The number of ether oxygens (including phenoxy) is 2. The van der Waals surface area contributed by atoms with Crippen molar-refractivity contribution < 1.29 is 29.1 Å². The molecule has 0 rings (SSSR count). The molecule has 1 N–H and O–H groups in total. The van der Waals surface area contributed by atoms with Gasteiger partial charge in [0.25, 0.3) is 0 Å². The fraction of sp³-hybridized carbons (Fsp3) is 0.846. The van der Waals surface area contributed by atoms with Crippen LogP contribution in [-0.2, 0) is 19.1 Å². The van der Waals surface area contributed by atoms with Crippen LogP contribution in [0.3, 0.4) is 0 Å². The number of carbonyl (C=O) groups excluding carboxylic acids is 1. The molecule has 122 valence electrons. The van der Waals surface area contributed by atoms with E-state index >= 15 is 0 Å². The molecular weight excluding hydrogens is 282 g/mol. The van der Waals surface area contributed by atoms with Gasteiger partial charge in [0.05, 0.1) is 31.0 Å². The van der Waals surface area contributed by atoms with E-state index in [9.17, 15) is 19.7 Å². The average Bonchev–Trinajstić information content (AvgIpc) is 2.43. The zero-order valence-electron chi connectivity index (χ0n) is 12.3. The first kappa shape index (κ1) is 19.3. The first-order valence-electron chi connectivity index (χ1n) is 7.09. The quantitative estimate of drug-likeness (QED) is 0.182. The number of unbranched alkanes of at least 4 members (excludes halogenated alkanes) is 2. The number of hydrogen-bond donors (Lipinski definition) is 1. The van der Waals surface area contributed by atoms with Crippen LogP contribution in [-0.4, -0.2) is 41.4 Å². The van der Waals surface area contributed by atoms with Gasteiger partial charge < -0.3 is 14.6 Å². The van der Waals surface area contributed by atoms with Crippen molar-refractivity contribution in [2.24, 2.45) is 0 Å². The van der Waals surface area contributed by atoms with E-state index < -0.39 is 23.1 Å². The zero-order chi connectivity index (χ0) is 16.1. The van der Waals surface area contributed by atoms with Crippen molar-refractivity contribution in [1.29, 1.82) is 0 Å². The Morgan fingerprint density at radius 3 is 2.43 bits per heavy atom. The summed E-state index contributed by atoms with van der Waals surface area (Å²) in [7, 11) is 0. The average molecular weight is 305 g/mol. The van der Waals surface area contributed by atoms with Crippen molar-refractivity contribution in [2.75, 3.05) is 13.2 Å². The van der Waals surface area contributed by atoms with Crippen molar-refractivity contribution in [3.63, 3.8) is 0 Å². The SMILES string of the molecule is CCCCC(OCCCCOC(=O)CCC(=O)O)[N+](=O)[O-]. The second-order valence-corrected chi connectivity index (χ2v) is 4.57. The molecule has 0 radical (unpaired) electrons. The van der Waals surface area contributed by atoms with Crippen molar-refractivity contribution in [1.82, 2.24) is 0 Å². The number of rotatable bonds is 13. The minimum absolute atomic E-state index is 0.147. The Morgan fingerprint density at radius 1 is 1.19 bits per heavy atom. The lowest BCUT2D eigenvalue weighted by atomic mass is 10.2. The van der Waals surface area contributed by atoms with E-state index in [1.807, 2.05) is 6.92 Å². The first-order chi connectivity index (χ1) is 9.97. The highest BCUT2D eigenvalue weighted by Crippen LogP contribution is 2.07. The lowest BCUT2D eigenvalue weighted by molar-refractivity contribution is -0.577. The Hall–Kier alpha value is -1.70. The second kappa shape index (κ2) is 12.1. The van der Waals surface area contributed by atoms with Gasteiger partial charge in [-0.2, -0.15) is 0 Å². The summed E-state index contributed by atoms with van der Waals surface area (Å²) in [6.07, 6.45) is 1.72. The molecule has 0 aromatic carbocycles. The van der Waals surface area contributed by atoms with Crippen LogP contribution in [0, 0.1) is 10.1 Å². The monoisotopic (exact) mass is 305 g/mol. The first-order valence-corrected chi connectivity index (χ1v) is 7.09. The van der Waals surface area contributed by atoms with Crippen molar-refractivity contribution in [3.8, 4) is 0 Å². The lowest BCUT2D eigenvalue weighted by Crippen LogP contribution is -2.23. The lowest BCUT2D eigenvalue weighted by Gasteiger charge is -2.10. The third-order valence-electron chi connectivity index (χ3n) is 2.69. The second-order valence-electron chi connectivity index (χ2n) is 4.57. The van der Waals surface area contributed by atoms with E-state index in [1.165, 1.54) is 0 Å². The molecule has 0 aliphatic heterocycles. The van der Waals surface area contributed by atoms with Crippen LogP contribution < -0.4 is 0 Å². The van der Waals surface area contributed by atoms with Crippen LogP contribution in [0.25, 0.3) is 0 Å². The van der Waals surface area contributed by atoms with Crippen LogP contribution >= 0.6 is 0 Å². The Morgan fingerprint density at radius 2 is 1.86 bits per heavy atom. The number of nitro groups is 1. The smallest absolute Gasteiger partial charge is 0.315 e. The minimum atomic E-state index is -1.04. The highest BCUT2D eigenvalue weighted by molar-refractivity contribution is 5.76. The summed E-state index contributed by atoms with van der Waals surface area (Å²) in [6.45, 7) is 2.36. The molecule has 0 spiro atoms. The van der Waals surface area contributed by atoms with Crippen LogP contribution in [0.2, 0.25) is 0 Å². The number of carboxylic acids is 1. The topological polar surface area (TPSA) is 116 Å². The van der Waals surface area contributed by atoms with Gasteiger partial charge in [-0.05, 0) is 19.3 Å². The Balaban J connectivity index is 3.59. The van der Waals surface area contributed by atoms with Crippen molar-refractivity contribution in [2.45, 2.75) is 58.1 Å². The number of esters is 1. The van der Waals surface area contributed by atoms with Crippen molar-refractivity contribution in [3.05, 3.63) is 10.1 Å². The molecule has 0 amide bonds. The Bertz CT molecular complexity index is 332. The van der Waals surface area contributed by atoms with Gasteiger partial charge in [0.15, 0.2) is 0 Å². The third kappa shape index (κ3) is 11.8. The molecule has 0 aliphatic rings. The minimum Gasteiger partial charge on any atom is -0.481 e. The summed E-state index contributed by atoms with van der Waals surface area (Å²) in [4.78, 5) is 31.6.